The van der Waals surface area contributed by atoms with Gasteiger partial charge >= 0.3 is 6.09 Å². The second-order valence-corrected chi connectivity index (χ2v) is 7.43. The minimum atomic E-state index is -0.960. The van der Waals surface area contributed by atoms with E-state index in [0.29, 0.717) is 28.5 Å². The Labute approximate surface area is 196 Å². The summed E-state index contributed by atoms with van der Waals surface area (Å²) in [5.41, 5.74) is 0.918. The van der Waals surface area contributed by atoms with Crippen LogP contribution in [0, 0.1) is 0 Å². The second-order valence-electron chi connectivity index (χ2n) is 7.43. The third-order valence-corrected chi connectivity index (χ3v) is 5.17. The highest BCUT2D eigenvalue weighted by Crippen LogP contribution is 2.36. The van der Waals surface area contributed by atoms with Crippen molar-refractivity contribution in [3.8, 4) is 28.7 Å². The van der Waals surface area contributed by atoms with Gasteiger partial charge in [-0.15, -0.1) is 0 Å². The SMILES string of the molecule is COc1ccc([C@H](OC(=O)Nc2ccc3c(c2)OCO3)[C@H](CCO)Oc2ccccc2)cc1O. The molecule has 0 spiro atoms. The summed E-state index contributed by atoms with van der Waals surface area (Å²) in [7, 11) is 1.44. The first-order valence-corrected chi connectivity index (χ1v) is 10.6. The molecule has 1 aliphatic heterocycles. The van der Waals surface area contributed by atoms with Crippen LogP contribution in [0.4, 0.5) is 10.5 Å². The monoisotopic (exact) mass is 467 g/mol. The van der Waals surface area contributed by atoms with Crippen LogP contribution in [-0.4, -0.2) is 42.9 Å². The lowest BCUT2D eigenvalue weighted by Gasteiger charge is -2.28. The smallest absolute Gasteiger partial charge is 0.412 e. The fraction of sp³-hybridized carbons (Fsp3) is 0.240. The molecule has 34 heavy (non-hydrogen) atoms. The van der Waals surface area contributed by atoms with Crippen LogP contribution in [0.1, 0.15) is 18.1 Å². The zero-order valence-corrected chi connectivity index (χ0v) is 18.5. The molecule has 3 aromatic carbocycles. The topological polar surface area (TPSA) is 116 Å². The molecule has 0 radical (unpaired) electrons. The van der Waals surface area contributed by atoms with E-state index in [9.17, 15) is 15.0 Å². The third kappa shape index (κ3) is 5.44. The molecule has 1 heterocycles. The molecule has 9 nitrogen and oxygen atoms in total. The molecule has 0 fully saturated rings. The van der Waals surface area contributed by atoms with Gasteiger partial charge in [0, 0.05) is 30.3 Å². The Bertz CT molecular complexity index is 1120. The second kappa shape index (κ2) is 10.7. The Morgan fingerprint density at radius 3 is 2.59 bits per heavy atom. The van der Waals surface area contributed by atoms with Crippen LogP contribution in [0.15, 0.2) is 66.7 Å². The van der Waals surface area contributed by atoms with Crippen LogP contribution >= 0.6 is 0 Å². The zero-order valence-electron chi connectivity index (χ0n) is 18.5. The molecule has 0 aliphatic carbocycles. The quantitative estimate of drug-likeness (QED) is 0.428. The van der Waals surface area contributed by atoms with Gasteiger partial charge in [0.2, 0.25) is 6.79 Å². The number of carbonyl (C=O) groups excluding carboxylic acids is 1. The van der Waals surface area contributed by atoms with Crippen molar-refractivity contribution >= 4 is 11.8 Å². The lowest BCUT2D eigenvalue weighted by atomic mass is 10.0. The predicted octanol–water partition coefficient (Wildman–Crippen LogP) is 4.25. The van der Waals surface area contributed by atoms with E-state index < -0.39 is 18.3 Å². The van der Waals surface area contributed by atoms with Gasteiger partial charge in [-0.1, -0.05) is 24.3 Å². The maximum absolute atomic E-state index is 12.9. The van der Waals surface area contributed by atoms with Crippen LogP contribution in [0.25, 0.3) is 0 Å². The van der Waals surface area contributed by atoms with Gasteiger partial charge in [0.05, 0.1) is 7.11 Å². The average molecular weight is 467 g/mol. The summed E-state index contributed by atoms with van der Waals surface area (Å²) >= 11 is 0. The standard InChI is InChI=1S/C25H25NO8/c1-30-20-9-7-16(13-19(20)28)24(22(11-12-27)33-18-5-3-2-4-6-18)34-25(29)26-17-8-10-21-23(14-17)32-15-31-21/h2-10,13-14,22,24,27-28H,11-12,15H2,1H3,(H,26,29)/t22-,24-/m0/s1. The van der Waals surface area contributed by atoms with Crippen molar-refractivity contribution in [3.05, 3.63) is 72.3 Å². The van der Waals surface area contributed by atoms with E-state index >= 15 is 0 Å². The number of fused-ring (bicyclic) bond motifs is 1. The third-order valence-electron chi connectivity index (χ3n) is 5.17. The fourth-order valence-corrected chi connectivity index (χ4v) is 3.55. The van der Waals surface area contributed by atoms with Crippen LogP contribution in [-0.2, 0) is 4.74 Å². The first-order valence-electron chi connectivity index (χ1n) is 10.6. The van der Waals surface area contributed by atoms with E-state index in [1.54, 1.807) is 42.5 Å². The number of aromatic hydroxyl groups is 1. The molecule has 9 heteroatoms. The molecular formula is C25H25NO8. The van der Waals surface area contributed by atoms with Gasteiger partial charge < -0.3 is 33.9 Å². The number of aliphatic hydroxyl groups is 1. The Balaban J connectivity index is 1.59. The van der Waals surface area contributed by atoms with Crippen LogP contribution in [0.2, 0.25) is 0 Å². The van der Waals surface area contributed by atoms with Gasteiger partial charge in [-0.3, -0.25) is 5.32 Å². The summed E-state index contributed by atoms with van der Waals surface area (Å²) in [6.45, 7) is -0.0881. The number of aliphatic hydroxyl groups excluding tert-OH is 1. The highest BCUT2D eigenvalue weighted by atomic mass is 16.7. The highest BCUT2D eigenvalue weighted by Gasteiger charge is 2.30. The summed E-state index contributed by atoms with van der Waals surface area (Å²) in [6, 6.07) is 18.6. The van der Waals surface area contributed by atoms with Crippen molar-refractivity contribution in [2.75, 3.05) is 25.8 Å². The molecule has 1 amide bonds. The molecule has 0 aromatic heterocycles. The predicted molar refractivity (Wildman–Crippen MR) is 123 cm³/mol. The summed E-state index contributed by atoms with van der Waals surface area (Å²) in [5, 5.41) is 22.6. The first kappa shape index (κ1) is 23.1. The number of benzene rings is 3. The van der Waals surface area contributed by atoms with Gasteiger partial charge in [-0.2, -0.15) is 0 Å². The number of carbonyl (C=O) groups is 1. The molecule has 0 bridgehead atoms. The van der Waals surface area contributed by atoms with Crippen LogP contribution in [0.3, 0.4) is 0 Å². The highest BCUT2D eigenvalue weighted by molar-refractivity contribution is 5.85. The molecule has 4 rings (SSSR count). The maximum atomic E-state index is 12.9. The summed E-state index contributed by atoms with van der Waals surface area (Å²) in [6.07, 6.45) is -2.29. The summed E-state index contributed by atoms with van der Waals surface area (Å²) < 4.78 is 27.6. The fourth-order valence-electron chi connectivity index (χ4n) is 3.55. The van der Waals surface area contributed by atoms with Gasteiger partial charge in [-0.25, -0.2) is 4.79 Å². The molecule has 0 saturated heterocycles. The number of anilines is 1. The van der Waals surface area contributed by atoms with Crippen molar-refractivity contribution in [1.29, 1.82) is 0 Å². The Hall–Kier alpha value is -4.11. The van der Waals surface area contributed by atoms with Gasteiger partial charge in [0.25, 0.3) is 0 Å². The largest absolute Gasteiger partial charge is 0.504 e. The molecule has 3 aromatic rings. The molecule has 0 saturated carbocycles. The van der Waals surface area contributed by atoms with Crippen molar-refractivity contribution in [2.24, 2.45) is 0 Å². The van der Waals surface area contributed by atoms with Crippen LogP contribution in [0.5, 0.6) is 28.7 Å². The van der Waals surface area contributed by atoms with Gasteiger partial charge in [0.1, 0.15) is 11.9 Å². The lowest BCUT2D eigenvalue weighted by Crippen LogP contribution is -2.31. The van der Waals surface area contributed by atoms with E-state index in [2.05, 4.69) is 5.32 Å². The normalized spacial score (nSPS) is 13.6. The molecule has 1 aliphatic rings. The minimum Gasteiger partial charge on any atom is -0.504 e. The van der Waals surface area contributed by atoms with E-state index in [4.69, 9.17) is 23.7 Å². The van der Waals surface area contributed by atoms with E-state index in [1.165, 1.54) is 13.2 Å². The lowest BCUT2D eigenvalue weighted by molar-refractivity contribution is 0.00897. The molecular weight excluding hydrogens is 442 g/mol. The summed E-state index contributed by atoms with van der Waals surface area (Å²) in [5.74, 6) is 1.80. The Kier molecular flexibility index (Phi) is 7.24. The number of phenolic OH excluding ortho intramolecular Hbond substituents is 1. The van der Waals surface area contributed by atoms with Crippen LogP contribution < -0.4 is 24.3 Å². The number of amides is 1. The number of ether oxygens (including phenoxy) is 5. The number of hydrogen-bond donors (Lipinski definition) is 3. The number of hydrogen-bond acceptors (Lipinski definition) is 8. The Morgan fingerprint density at radius 2 is 1.85 bits per heavy atom. The molecule has 0 unspecified atom stereocenters. The number of phenols is 1. The molecule has 2 atom stereocenters. The number of rotatable bonds is 9. The van der Waals surface area contributed by atoms with E-state index in [1.807, 2.05) is 18.2 Å². The maximum Gasteiger partial charge on any atom is 0.412 e. The van der Waals surface area contributed by atoms with Crippen molar-refractivity contribution in [1.82, 2.24) is 0 Å². The van der Waals surface area contributed by atoms with E-state index in [-0.39, 0.29) is 31.3 Å². The Morgan fingerprint density at radius 1 is 1.06 bits per heavy atom. The summed E-state index contributed by atoms with van der Waals surface area (Å²) in [4.78, 5) is 12.9. The minimum absolute atomic E-state index is 0.117. The van der Waals surface area contributed by atoms with Crippen molar-refractivity contribution in [3.63, 3.8) is 0 Å². The van der Waals surface area contributed by atoms with E-state index in [0.717, 1.165) is 0 Å². The van der Waals surface area contributed by atoms with Crippen molar-refractivity contribution in [2.45, 2.75) is 18.6 Å². The first-order chi connectivity index (χ1) is 16.6. The number of nitrogens with one attached hydrogen (secondary N) is 1. The molecule has 178 valence electrons. The average Bonchev–Trinajstić information content (AvgIpc) is 3.31. The zero-order chi connectivity index (χ0) is 23.9. The van der Waals surface area contributed by atoms with Crippen molar-refractivity contribution < 1.29 is 38.7 Å². The number of para-hydroxylation sites is 1. The van der Waals surface area contributed by atoms with Gasteiger partial charge in [-0.05, 0) is 36.4 Å². The molecule has 3 N–H and O–H groups in total. The van der Waals surface area contributed by atoms with Gasteiger partial charge in [0.15, 0.2) is 29.1 Å². The number of methoxy groups -OCH3 is 1.